The van der Waals surface area contributed by atoms with E-state index in [0.717, 1.165) is 31.5 Å². The van der Waals surface area contributed by atoms with E-state index in [-0.39, 0.29) is 11.9 Å². The largest absolute Gasteiger partial charge is 0.341 e. The Kier molecular flexibility index (Phi) is 4.15. The highest BCUT2D eigenvalue weighted by molar-refractivity contribution is 5.81. The average Bonchev–Trinajstić information content (AvgIpc) is 3.05. The normalized spacial score (nSPS) is 16.8. The molecule has 1 N–H and O–H groups in total. The summed E-state index contributed by atoms with van der Waals surface area (Å²) < 4.78 is 1.66. The van der Waals surface area contributed by atoms with E-state index in [2.05, 4.69) is 17.0 Å². The number of amides is 1. The summed E-state index contributed by atoms with van der Waals surface area (Å²) in [6, 6.07) is -0.143. The van der Waals surface area contributed by atoms with Crippen LogP contribution in [0.25, 0.3) is 6.20 Å². The Labute approximate surface area is 107 Å². The standard InChI is InChI=1S/C13H20N4O/c1-3-17-10-12(9-15-17)8-14-11(2)13(18)16-6-4-5-7-16/h3,9-11,14H,1,4-8H2,2H3. The smallest absolute Gasteiger partial charge is 0.239 e. The predicted octanol–water partition coefficient (Wildman–Crippen LogP) is 1.08. The molecule has 0 saturated carbocycles. The fourth-order valence-electron chi connectivity index (χ4n) is 2.14. The van der Waals surface area contributed by atoms with Crippen LogP contribution in [0.5, 0.6) is 0 Å². The van der Waals surface area contributed by atoms with Crippen LogP contribution in [0.3, 0.4) is 0 Å². The van der Waals surface area contributed by atoms with Crippen molar-refractivity contribution >= 4 is 12.1 Å². The number of nitrogens with one attached hydrogen (secondary N) is 1. The Morgan fingerprint density at radius 3 is 2.94 bits per heavy atom. The van der Waals surface area contributed by atoms with Crippen molar-refractivity contribution < 1.29 is 4.79 Å². The highest BCUT2D eigenvalue weighted by atomic mass is 16.2. The van der Waals surface area contributed by atoms with Gasteiger partial charge in [0.1, 0.15) is 0 Å². The Hall–Kier alpha value is -1.62. The van der Waals surface area contributed by atoms with Crippen LogP contribution in [-0.4, -0.2) is 39.7 Å². The lowest BCUT2D eigenvalue weighted by Crippen LogP contribution is -2.43. The molecule has 0 aromatic carbocycles. The van der Waals surface area contributed by atoms with Crippen molar-refractivity contribution in [1.29, 1.82) is 0 Å². The molecule has 1 aromatic heterocycles. The molecule has 1 aliphatic rings. The zero-order chi connectivity index (χ0) is 13.0. The van der Waals surface area contributed by atoms with Crippen molar-refractivity contribution in [2.75, 3.05) is 13.1 Å². The number of hydrogen-bond donors (Lipinski definition) is 1. The van der Waals surface area contributed by atoms with Crippen LogP contribution in [0.15, 0.2) is 19.0 Å². The zero-order valence-electron chi connectivity index (χ0n) is 10.8. The van der Waals surface area contributed by atoms with E-state index in [1.807, 2.05) is 18.0 Å². The van der Waals surface area contributed by atoms with Gasteiger partial charge >= 0.3 is 0 Å². The van der Waals surface area contributed by atoms with Gasteiger partial charge < -0.3 is 10.2 Å². The quantitative estimate of drug-likeness (QED) is 0.848. The van der Waals surface area contributed by atoms with E-state index in [0.29, 0.717) is 6.54 Å². The summed E-state index contributed by atoms with van der Waals surface area (Å²) in [6.45, 7) is 8.01. The maximum absolute atomic E-state index is 12.1. The minimum atomic E-state index is -0.143. The van der Waals surface area contributed by atoms with Gasteiger partial charge in [-0.25, -0.2) is 4.68 Å². The molecule has 5 heteroatoms. The molecular formula is C13H20N4O. The Balaban J connectivity index is 1.81. The molecule has 2 rings (SSSR count). The fourth-order valence-corrected chi connectivity index (χ4v) is 2.14. The van der Waals surface area contributed by atoms with Gasteiger partial charge in [-0.2, -0.15) is 5.10 Å². The molecular weight excluding hydrogens is 228 g/mol. The summed E-state index contributed by atoms with van der Waals surface area (Å²) in [4.78, 5) is 14.0. The first-order valence-corrected chi connectivity index (χ1v) is 6.38. The molecule has 1 unspecified atom stereocenters. The van der Waals surface area contributed by atoms with E-state index >= 15 is 0 Å². The van der Waals surface area contributed by atoms with Crippen LogP contribution < -0.4 is 5.32 Å². The highest BCUT2D eigenvalue weighted by Crippen LogP contribution is 2.09. The summed E-state index contributed by atoms with van der Waals surface area (Å²) in [5, 5.41) is 7.33. The third-order valence-electron chi connectivity index (χ3n) is 3.24. The van der Waals surface area contributed by atoms with Crippen molar-refractivity contribution in [2.45, 2.75) is 32.4 Å². The summed E-state index contributed by atoms with van der Waals surface area (Å²) >= 11 is 0. The minimum Gasteiger partial charge on any atom is -0.341 e. The Bertz CT molecular complexity index is 420. The van der Waals surface area contributed by atoms with Crippen molar-refractivity contribution in [2.24, 2.45) is 0 Å². The van der Waals surface area contributed by atoms with Gasteiger partial charge in [-0.1, -0.05) is 6.58 Å². The second-order valence-electron chi connectivity index (χ2n) is 4.65. The van der Waals surface area contributed by atoms with Gasteiger partial charge in [0.05, 0.1) is 12.2 Å². The van der Waals surface area contributed by atoms with Crippen LogP contribution in [0.4, 0.5) is 0 Å². The molecule has 98 valence electrons. The SMILES string of the molecule is C=Cn1cc(CNC(C)C(=O)N2CCCC2)cn1. The van der Waals surface area contributed by atoms with Crippen LogP contribution in [-0.2, 0) is 11.3 Å². The molecule has 0 aliphatic carbocycles. The van der Waals surface area contributed by atoms with Gasteiger partial charge in [0.2, 0.25) is 5.91 Å². The predicted molar refractivity (Wildman–Crippen MR) is 70.7 cm³/mol. The molecule has 0 bridgehead atoms. The lowest BCUT2D eigenvalue weighted by Gasteiger charge is -2.20. The lowest BCUT2D eigenvalue weighted by atomic mass is 10.2. The van der Waals surface area contributed by atoms with E-state index in [1.54, 1.807) is 17.1 Å². The molecule has 18 heavy (non-hydrogen) atoms. The maximum atomic E-state index is 12.1. The van der Waals surface area contributed by atoms with E-state index < -0.39 is 0 Å². The topological polar surface area (TPSA) is 50.2 Å². The average molecular weight is 248 g/mol. The van der Waals surface area contributed by atoms with Crippen molar-refractivity contribution in [1.82, 2.24) is 20.0 Å². The first-order valence-electron chi connectivity index (χ1n) is 6.38. The highest BCUT2D eigenvalue weighted by Gasteiger charge is 2.22. The van der Waals surface area contributed by atoms with Crippen molar-refractivity contribution in [3.05, 3.63) is 24.5 Å². The van der Waals surface area contributed by atoms with Gasteiger partial charge in [-0.3, -0.25) is 4.79 Å². The molecule has 2 heterocycles. The van der Waals surface area contributed by atoms with Gasteiger partial charge in [-0.05, 0) is 19.8 Å². The monoisotopic (exact) mass is 248 g/mol. The van der Waals surface area contributed by atoms with Gasteiger partial charge in [0.25, 0.3) is 0 Å². The number of aromatic nitrogens is 2. The third-order valence-corrected chi connectivity index (χ3v) is 3.24. The van der Waals surface area contributed by atoms with Crippen molar-refractivity contribution in [3.63, 3.8) is 0 Å². The Morgan fingerprint density at radius 2 is 2.33 bits per heavy atom. The number of likely N-dealkylation sites (tertiary alicyclic amines) is 1. The van der Waals surface area contributed by atoms with Crippen LogP contribution in [0.2, 0.25) is 0 Å². The van der Waals surface area contributed by atoms with Crippen LogP contribution in [0.1, 0.15) is 25.3 Å². The molecule has 0 radical (unpaired) electrons. The second kappa shape index (κ2) is 5.82. The fraction of sp³-hybridized carbons (Fsp3) is 0.538. The van der Waals surface area contributed by atoms with E-state index in [1.165, 1.54) is 0 Å². The first-order chi connectivity index (χ1) is 8.70. The lowest BCUT2D eigenvalue weighted by molar-refractivity contribution is -0.131. The molecule has 1 atom stereocenters. The first kappa shape index (κ1) is 12.8. The number of rotatable bonds is 5. The number of hydrogen-bond acceptors (Lipinski definition) is 3. The summed E-state index contributed by atoms with van der Waals surface area (Å²) in [6.07, 6.45) is 7.58. The number of nitrogens with zero attached hydrogens (tertiary/aromatic N) is 3. The van der Waals surface area contributed by atoms with Gasteiger partial charge in [0.15, 0.2) is 0 Å². The number of carbonyl (C=O) groups is 1. The molecule has 1 fully saturated rings. The molecule has 5 nitrogen and oxygen atoms in total. The molecule has 1 saturated heterocycles. The van der Waals surface area contributed by atoms with E-state index in [4.69, 9.17) is 0 Å². The number of carbonyl (C=O) groups excluding carboxylic acids is 1. The second-order valence-corrected chi connectivity index (χ2v) is 4.65. The summed E-state index contributed by atoms with van der Waals surface area (Å²) in [7, 11) is 0. The van der Waals surface area contributed by atoms with E-state index in [9.17, 15) is 4.79 Å². The van der Waals surface area contributed by atoms with Gasteiger partial charge in [0, 0.05) is 37.6 Å². The van der Waals surface area contributed by atoms with Crippen LogP contribution >= 0.6 is 0 Å². The summed E-state index contributed by atoms with van der Waals surface area (Å²) in [5.74, 6) is 0.198. The summed E-state index contributed by atoms with van der Waals surface area (Å²) in [5.41, 5.74) is 1.05. The Morgan fingerprint density at radius 1 is 1.61 bits per heavy atom. The molecule has 1 amide bonds. The maximum Gasteiger partial charge on any atom is 0.239 e. The molecule has 1 aromatic rings. The molecule has 0 spiro atoms. The third kappa shape index (κ3) is 2.98. The molecule has 1 aliphatic heterocycles. The zero-order valence-corrected chi connectivity index (χ0v) is 10.8. The van der Waals surface area contributed by atoms with Crippen molar-refractivity contribution in [3.8, 4) is 0 Å². The van der Waals surface area contributed by atoms with Gasteiger partial charge in [-0.15, -0.1) is 0 Å². The van der Waals surface area contributed by atoms with Crippen LogP contribution in [0, 0.1) is 0 Å². The minimum absolute atomic E-state index is 0.143.